The van der Waals surface area contributed by atoms with Crippen molar-refractivity contribution < 1.29 is 25.2 Å². The second-order valence-corrected chi connectivity index (χ2v) is 1.85. The summed E-state index contributed by atoms with van der Waals surface area (Å²) in [6.07, 6.45) is 0. The van der Waals surface area contributed by atoms with E-state index in [1.165, 1.54) is 0 Å². The van der Waals surface area contributed by atoms with E-state index in [-0.39, 0.29) is 20.4 Å². The second-order valence-electron chi connectivity index (χ2n) is 1.85. The van der Waals surface area contributed by atoms with Crippen LogP contribution in [-0.4, -0.2) is 7.11 Å². The number of methoxy groups -OCH3 is 1. The maximum atomic E-state index is 4.94. The first-order valence-corrected chi connectivity index (χ1v) is 2.79. The van der Waals surface area contributed by atoms with Crippen molar-refractivity contribution in [3.8, 4) is 5.75 Å². The van der Waals surface area contributed by atoms with E-state index in [4.69, 9.17) is 4.74 Å². The van der Waals surface area contributed by atoms with Gasteiger partial charge in [-0.3, -0.25) is 0 Å². The minimum Gasteiger partial charge on any atom is -0.499 e. The smallest absolute Gasteiger partial charge is 0.0943 e. The Morgan fingerprint density at radius 2 is 1.70 bits per heavy atom. The van der Waals surface area contributed by atoms with Gasteiger partial charge in [-0.1, -0.05) is 12.1 Å². The third kappa shape index (κ3) is 2.43. The van der Waals surface area contributed by atoms with Crippen LogP contribution in [0.15, 0.2) is 24.3 Å². The molecule has 0 heterocycles. The van der Waals surface area contributed by atoms with E-state index in [1.807, 2.05) is 24.3 Å². The van der Waals surface area contributed by atoms with E-state index < -0.39 is 0 Å². The van der Waals surface area contributed by atoms with Crippen molar-refractivity contribution in [1.29, 1.82) is 0 Å². The van der Waals surface area contributed by atoms with Gasteiger partial charge in [0.2, 0.25) is 0 Å². The summed E-state index contributed by atoms with van der Waals surface area (Å²) in [4.78, 5) is 0. The molecule has 1 aromatic rings. The Morgan fingerprint density at radius 1 is 1.20 bits per heavy atom. The zero-order valence-corrected chi connectivity index (χ0v) is 8.52. The second kappa shape index (κ2) is 4.38. The number of rotatable bonds is 1. The molecule has 1 nitrogen and oxygen atoms in total. The van der Waals surface area contributed by atoms with E-state index in [1.54, 1.807) is 7.11 Å². The first kappa shape index (κ1) is 9.55. The molecule has 0 N–H and O–H groups in total. The average molecular weight is 307 g/mol. The van der Waals surface area contributed by atoms with Gasteiger partial charge in [0.1, 0.15) is 0 Å². The molecule has 1 rings (SSSR count). The van der Waals surface area contributed by atoms with Gasteiger partial charge in [-0.25, -0.2) is 0 Å². The van der Waals surface area contributed by atoms with Crippen molar-refractivity contribution in [1.82, 2.24) is 0 Å². The van der Waals surface area contributed by atoms with Crippen molar-refractivity contribution in [2.45, 2.75) is 0 Å². The number of benzene rings is 1. The fourth-order valence-corrected chi connectivity index (χ4v) is 0.626. The van der Waals surface area contributed by atoms with E-state index in [2.05, 4.69) is 6.92 Å². The van der Waals surface area contributed by atoms with E-state index in [0.717, 1.165) is 11.3 Å². The summed E-state index contributed by atoms with van der Waals surface area (Å²) >= 11 is 0. The normalized spacial score (nSPS) is 8.10. The maximum Gasteiger partial charge on any atom is 0.0943 e. The van der Waals surface area contributed by atoms with Crippen molar-refractivity contribution in [2.75, 3.05) is 7.11 Å². The zero-order valence-electron chi connectivity index (χ0n) is 5.80. The molecule has 55 valence electrons. The van der Waals surface area contributed by atoms with Gasteiger partial charge >= 0.3 is 0 Å². The summed E-state index contributed by atoms with van der Waals surface area (Å²) < 4.78 is 4.94. The minimum absolute atomic E-state index is 0. The Labute approximate surface area is 75.1 Å². The van der Waals surface area contributed by atoms with E-state index in [9.17, 15) is 0 Å². The molecule has 2 heteroatoms. The van der Waals surface area contributed by atoms with E-state index >= 15 is 0 Å². The third-order valence-corrected chi connectivity index (χ3v) is 1.16. The summed E-state index contributed by atoms with van der Waals surface area (Å²) in [6.45, 7) is 3.74. The summed E-state index contributed by atoms with van der Waals surface area (Å²) in [5.74, 6) is 0.877. The van der Waals surface area contributed by atoms with Crippen LogP contribution in [0.2, 0.25) is 0 Å². The molecule has 0 fully saturated rings. The van der Waals surface area contributed by atoms with Gasteiger partial charge in [-0.2, -0.15) is 24.6 Å². The molecule has 0 aliphatic rings. The molecule has 0 atom stereocenters. The average Bonchev–Trinajstić information content (AvgIpc) is 1.90. The topological polar surface area (TPSA) is 9.23 Å². The molecule has 1 radical (unpaired) electrons. The molecule has 0 amide bonds. The largest absolute Gasteiger partial charge is 0.499 e. The molecule has 10 heavy (non-hydrogen) atoms. The predicted molar refractivity (Wildman–Crippen MR) is 37.5 cm³/mol. The molecule has 1 aromatic carbocycles. The summed E-state index contributed by atoms with van der Waals surface area (Å²) in [5.41, 5.74) is 1.01. The monoisotopic (exact) mass is 308 g/mol. The van der Waals surface area contributed by atoms with Gasteiger partial charge in [-0.15, -0.1) is 0 Å². The van der Waals surface area contributed by atoms with Gasteiger partial charge in [0.25, 0.3) is 0 Å². The molecule has 0 aliphatic heterocycles. The first-order valence-electron chi connectivity index (χ1n) is 2.79. The van der Waals surface area contributed by atoms with Crippen molar-refractivity contribution >= 4 is 0 Å². The van der Waals surface area contributed by atoms with Crippen LogP contribution in [0.1, 0.15) is 5.56 Å². The molecule has 0 spiro atoms. The molecule has 0 aromatic heterocycles. The summed E-state index contributed by atoms with van der Waals surface area (Å²) in [5, 5.41) is 0. The van der Waals surface area contributed by atoms with Gasteiger partial charge in [0, 0.05) is 20.4 Å². The standard InChI is InChI=1S/C8H9O.Re/c1-7-3-5-8(9-2)6-4-7;/h3-6H,1H2,2H3;/q-1;. The van der Waals surface area contributed by atoms with Gasteiger partial charge < -0.3 is 4.74 Å². The van der Waals surface area contributed by atoms with Crippen LogP contribution in [0.4, 0.5) is 0 Å². The quantitative estimate of drug-likeness (QED) is 0.720. The SMILES string of the molecule is [CH2-]c1ccc(OC)cc1.[Re]. The number of hydrogen-bond acceptors (Lipinski definition) is 1. The van der Waals surface area contributed by atoms with Crippen LogP contribution >= 0.6 is 0 Å². The van der Waals surface area contributed by atoms with Crippen LogP contribution in [0, 0.1) is 6.92 Å². The summed E-state index contributed by atoms with van der Waals surface area (Å²) in [7, 11) is 1.65. The Hall–Kier alpha value is -0.448. The van der Waals surface area contributed by atoms with E-state index in [0.29, 0.717) is 0 Å². The third-order valence-electron chi connectivity index (χ3n) is 1.16. The maximum absolute atomic E-state index is 4.94. The molecule has 0 unspecified atom stereocenters. The van der Waals surface area contributed by atoms with Gasteiger partial charge in [0.15, 0.2) is 0 Å². The van der Waals surface area contributed by atoms with Crippen molar-refractivity contribution in [2.24, 2.45) is 0 Å². The van der Waals surface area contributed by atoms with Crippen molar-refractivity contribution in [3.63, 3.8) is 0 Å². The van der Waals surface area contributed by atoms with Gasteiger partial charge in [-0.05, 0) is 0 Å². The predicted octanol–water partition coefficient (Wildman–Crippen LogP) is 1.87. The van der Waals surface area contributed by atoms with Crippen LogP contribution in [-0.2, 0) is 20.4 Å². The molecule has 0 bridgehead atoms. The Kier molecular flexibility index (Phi) is 4.18. The molecule has 0 saturated heterocycles. The first-order chi connectivity index (χ1) is 4.33. The van der Waals surface area contributed by atoms with Crippen molar-refractivity contribution in [3.05, 3.63) is 36.8 Å². The zero-order chi connectivity index (χ0) is 6.69. The Morgan fingerprint density at radius 3 is 2.10 bits per heavy atom. The minimum atomic E-state index is 0. The van der Waals surface area contributed by atoms with Crippen LogP contribution in [0.5, 0.6) is 5.75 Å². The fraction of sp³-hybridized carbons (Fsp3) is 0.125. The number of ether oxygens (including phenoxy) is 1. The number of hydrogen-bond donors (Lipinski definition) is 0. The Bertz CT molecular complexity index is 181. The summed E-state index contributed by atoms with van der Waals surface area (Å²) in [6, 6.07) is 7.61. The molecule has 0 aliphatic carbocycles. The molecule has 0 saturated carbocycles. The Balaban J connectivity index is 0.000000810. The van der Waals surface area contributed by atoms with Gasteiger partial charge in [0.05, 0.1) is 12.9 Å². The van der Waals surface area contributed by atoms with Crippen LogP contribution in [0.25, 0.3) is 0 Å². The fourth-order valence-electron chi connectivity index (χ4n) is 0.626. The van der Waals surface area contributed by atoms with Crippen LogP contribution in [0.3, 0.4) is 0 Å². The molecular formula is C8H9ORe-. The van der Waals surface area contributed by atoms with Crippen LogP contribution < -0.4 is 4.74 Å². The molecular weight excluding hydrogens is 298 g/mol.